The van der Waals surface area contributed by atoms with Gasteiger partial charge >= 0.3 is 12.1 Å². The van der Waals surface area contributed by atoms with E-state index in [1.807, 2.05) is 0 Å². The van der Waals surface area contributed by atoms with E-state index in [1.165, 1.54) is 9.80 Å². The first kappa shape index (κ1) is 20.4. The highest BCUT2D eigenvalue weighted by molar-refractivity contribution is 5.87. The van der Waals surface area contributed by atoms with E-state index in [9.17, 15) is 24.8 Å². The summed E-state index contributed by atoms with van der Waals surface area (Å²) in [5.74, 6) is -0.958. The molecule has 154 valence electrons. The Labute approximate surface area is 164 Å². The van der Waals surface area contributed by atoms with Crippen molar-refractivity contribution in [2.24, 2.45) is 5.92 Å². The van der Waals surface area contributed by atoms with Crippen molar-refractivity contribution in [2.75, 3.05) is 13.2 Å². The molecule has 2 bridgehead atoms. The fourth-order valence-corrected chi connectivity index (χ4v) is 4.64. The van der Waals surface area contributed by atoms with E-state index in [4.69, 9.17) is 9.47 Å². The molecule has 0 aromatic carbocycles. The molecular formula is C19H27N3O6. The van der Waals surface area contributed by atoms with Crippen LogP contribution in [0.5, 0.6) is 0 Å². The summed E-state index contributed by atoms with van der Waals surface area (Å²) in [6, 6.07) is 0.395. The predicted molar refractivity (Wildman–Crippen MR) is 96.1 cm³/mol. The number of fused-ring (bicyclic) bond motifs is 2. The van der Waals surface area contributed by atoms with Crippen molar-refractivity contribution < 1.29 is 29.0 Å². The third kappa shape index (κ3) is 3.92. The first-order chi connectivity index (χ1) is 13.1. The van der Waals surface area contributed by atoms with Gasteiger partial charge in [-0.15, -0.1) is 0 Å². The van der Waals surface area contributed by atoms with E-state index >= 15 is 0 Å². The van der Waals surface area contributed by atoms with Gasteiger partial charge in [0.1, 0.15) is 24.3 Å². The minimum Gasteiger partial charge on any atom is -0.465 e. The predicted octanol–water partition coefficient (Wildman–Crippen LogP) is 1.37. The molecule has 0 unspecified atom stereocenters. The minimum atomic E-state index is -1.18. The van der Waals surface area contributed by atoms with Gasteiger partial charge in [0.15, 0.2) is 0 Å². The number of nitriles is 1. The van der Waals surface area contributed by atoms with Gasteiger partial charge in [0, 0.05) is 6.54 Å². The van der Waals surface area contributed by atoms with Crippen LogP contribution in [0.2, 0.25) is 0 Å². The third-order valence-corrected chi connectivity index (χ3v) is 5.61. The number of esters is 1. The van der Waals surface area contributed by atoms with Crippen LogP contribution in [0.25, 0.3) is 0 Å². The lowest BCUT2D eigenvalue weighted by Crippen LogP contribution is -2.57. The number of hydrogen-bond donors (Lipinski definition) is 1. The van der Waals surface area contributed by atoms with Crippen LogP contribution in [0.15, 0.2) is 0 Å². The van der Waals surface area contributed by atoms with E-state index < -0.39 is 41.9 Å². The zero-order chi connectivity index (χ0) is 20.6. The largest absolute Gasteiger partial charge is 0.465 e. The number of piperidine rings is 1. The van der Waals surface area contributed by atoms with Crippen LogP contribution in [0, 0.1) is 17.2 Å². The lowest BCUT2D eigenvalue weighted by Gasteiger charge is -2.38. The summed E-state index contributed by atoms with van der Waals surface area (Å²) in [6.07, 6.45) is 0.787. The standard InChI is InChI=1S/C19H27N3O6/c1-19(2,3)28-15(23)10-27-14-8-11-7-13(14)22(18(25)26)16(11)17(24)21-6-4-5-12(21)9-20/h11-14,16H,4-8,10H2,1-3H3,(H,25,26)/t11-,12+,13+,14-,16+/m1/s1. The van der Waals surface area contributed by atoms with Gasteiger partial charge in [-0.2, -0.15) is 5.26 Å². The van der Waals surface area contributed by atoms with Gasteiger partial charge in [-0.05, 0) is 52.4 Å². The third-order valence-electron chi connectivity index (χ3n) is 5.61. The first-order valence-electron chi connectivity index (χ1n) is 9.67. The molecule has 3 fully saturated rings. The summed E-state index contributed by atoms with van der Waals surface area (Å²) in [5.41, 5.74) is -0.618. The Morgan fingerprint density at radius 1 is 1.25 bits per heavy atom. The molecule has 1 aliphatic carbocycles. The van der Waals surface area contributed by atoms with Crippen molar-refractivity contribution in [1.82, 2.24) is 9.80 Å². The average molecular weight is 393 g/mol. The highest BCUT2D eigenvalue weighted by Crippen LogP contribution is 2.45. The molecule has 0 radical (unpaired) electrons. The van der Waals surface area contributed by atoms with E-state index in [2.05, 4.69) is 6.07 Å². The van der Waals surface area contributed by atoms with Crippen LogP contribution >= 0.6 is 0 Å². The second-order valence-electron chi connectivity index (χ2n) is 8.69. The van der Waals surface area contributed by atoms with Crippen molar-refractivity contribution in [2.45, 2.75) is 76.3 Å². The molecule has 0 aromatic rings. The van der Waals surface area contributed by atoms with E-state index in [1.54, 1.807) is 20.8 Å². The number of carbonyl (C=O) groups excluding carboxylic acids is 2. The quantitative estimate of drug-likeness (QED) is 0.716. The lowest BCUT2D eigenvalue weighted by molar-refractivity contribution is -0.164. The van der Waals surface area contributed by atoms with Gasteiger partial charge < -0.3 is 19.5 Å². The molecule has 9 heteroatoms. The number of rotatable bonds is 4. The second kappa shape index (κ2) is 7.59. The van der Waals surface area contributed by atoms with Crippen LogP contribution < -0.4 is 0 Å². The summed E-state index contributed by atoms with van der Waals surface area (Å²) < 4.78 is 10.9. The summed E-state index contributed by atoms with van der Waals surface area (Å²) in [4.78, 5) is 39.5. The molecule has 5 atom stereocenters. The van der Waals surface area contributed by atoms with E-state index in [0.717, 1.165) is 6.42 Å². The molecule has 3 aliphatic rings. The number of likely N-dealkylation sites (tertiary alicyclic amines) is 2. The van der Waals surface area contributed by atoms with Gasteiger partial charge in [-0.3, -0.25) is 9.69 Å². The maximum absolute atomic E-state index is 13.0. The van der Waals surface area contributed by atoms with Gasteiger partial charge in [-0.25, -0.2) is 9.59 Å². The molecule has 2 heterocycles. The SMILES string of the molecule is CC(C)(C)OC(=O)CO[C@@H]1C[C@H]2C[C@@H]1N(C(=O)O)[C@@H]2C(=O)N1CCC[C@H]1C#N. The summed E-state index contributed by atoms with van der Waals surface area (Å²) in [6.45, 7) is 5.52. The number of carboxylic acid groups (broad SMARTS) is 1. The van der Waals surface area contributed by atoms with Crippen LogP contribution in [-0.2, 0) is 19.1 Å². The summed E-state index contributed by atoms with van der Waals surface area (Å²) in [7, 11) is 0. The highest BCUT2D eigenvalue weighted by Gasteiger charge is 2.58. The molecule has 0 aromatic heterocycles. The first-order valence-corrected chi connectivity index (χ1v) is 9.67. The number of ether oxygens (including phenoxy) is 2. The monoisotopic (exact) mass is 393 g/mol. The maximum Gasteiger partial charge on any atom is 0.408 e. The summed E-state index contributed by atoms with van der Waals surface area (Å²) >= 11 is 0. The number of hydrogen-bond acceptors (Lipinski definition) is 6. The molecule has 1 N–H and O–H groups in total. The van der Waals surface area contributed by atoms with Crippen molar-refractivity contribution in [1.29, 1.82) is 5.26 Å². The topological polar surface area (TPSA) is 120 Å². The van der Waals surface area contributed by atoms with Crippen LogP contribution in [0.1, 0.15) is 46.5 Å². The Balaban J connectivity index is 1.66. The molecule has 2 saturated heterocycles. The Morgan fingerprint density at radius 3 is 2.57 bits per heavy atom. The Morgan fingerprint density at radius 2 is 1.96 bits per heavy atom. The van der Waals surface area contributed by atoms with Crippen molar-refractivity contribution in [3.8, 4) is 6.07 Å². The molecule has 0 spiro atoms. The van der Waals surface area contributed by atoms with Crippen LogP contribution in [-0.4, -0.2) is 75.9 Å². The lowest BCUT2D eigenvalue weighted by atomic mass is 9.96. The minimum absolute atomic E-state index is 0.169. The zero-order valence-electron chi connectivity index (χ0n) is 16.5. The average Bonchev–Trinajstić information content (AvgIpc) is 3.30. The van der Waals surface area contributed by atoms with Gasteiger partial charge in [-0.1, -0.05) is 0 Å². The number of carbonyl (C=O) groups is 3. The summed E-state index contributed by atoms with van der Waals surface area (Å²) in [5, 5.41) is 19.0. The van der Waals surface area contributed by atoms with Crippen molar-refractivity contribution in [3.63, 3.8) is 0 Å². The van der Waals surface area contributed by atoms with Gasteiger partial charge in [0.05, 0.1) is 18.2 Å². The van der Waals surface area contributed by atoms with Crippen molar-refractivity contribution >= 4 is 18.0 Å². The smallest absolute Gasteiger partial charge is 0.408 e. The molecule has 2 amide bonds. The van der Waals surface area contributed by atoms with Crippen LogP contribution in [0.4, 0.5) is 4.79 Å². The Kier molecular flexibility index (Phi) is 5.53. The number of amides is 2. The second-order valence-corrected chi connectivity index (χ2v) is 8.69. The zero-order valence-corrected chi connectivity index (χ0v) is 16.5. The maximum atomic E-state index is 13.0. The molecule has 2 aliphatic heterocycles. The van der Waals surface area contributed by atoms with Gasteiger partial charge in [0.25, 0.3) is 0 Å². The highest BCUT2D eigenvalue weighted by atomic mass is 16.6. The van der Waals surface area contributed by atoms with E-state index in [-0.39, 0.29) is 18.4 Å². The van der Waals surface area contributed by atoms with Crippen molar-refractivity contribution in [3.05, 3.63) is 0 Å². The Hall–Kier alpha value is -2.34. The van der Waals surface area contributed by atoms with Crippen LogP contribution in [0.3, 0.4) is 0 Å². The molecule has 1 saturated carbocycles. The normalized spacial score (nSPS) is 31.7. The Bertz CT molecular complexity index is 697. The van der Waals surface area contributed by atoms with Gasteiger partial charge in [0.2, 0.25) is 5.91 Å². The fraction of sp³-hybridized carbons (Fsp3) is 0.789. The fourth-order valence-electron chi connectivity index (χ4n) is 4.64. The van der Waals surface area contributed by atoms with E-state index in [0.29, 0.717) is 25.8 Å². The molecule has 9 nitrogen and oxygen atoms in total. The number of nitrogens with zero attached hydrogens (tertiary/aromatic N) is 3. The molecule has 28 heavy (non-hydrogen) atoms. The molecular weight excluding hydrogens is 366 g/mol. The molecule has 3 rings (SSSR count).